The highest BCUT2D eigenvalue weighted by Crippen LogP contribution is 2.22. The van der Waals surface area contributed by atoms with Crippen molar-refractivity contribution in [1.29, 1.82) is 0 Å². The highest BCUT2D eigenvalue weighted by atomic mass is 79.9. The van der Waals surface area contributed by atoms with Crippen LogP contribution in [0.25, 0.3) is 0 Å². The summed E-state index contributed by atoms with van der Waals surface area (Å²) >= 11 is 3.39. The standard InChI is InChI=1S/C13H17BrN2O2/c1-18-10-2-3-12(14)11(6-10)13(17)16-8-9-4-5-15-7-9/h2-3,6,9,15H,4-5,7-8H2,1H3,(H,16,17). The van der Waals surface area contributed by atoms with Crippen molar-refractivity contribution in [2.45, 2.75) is 6.42 Å². The number of nitrogens with one attached hydrogen (secondary N) is 2. The first-order valence-corrected chi connectivity index (χ1v) is 6.82. The zero-order valence-corrected chi connectivity index (χ0v) is 11.9. The minimum atomic E-state index is -0.0623. The predicted molar refractivity (Wildman–Crippen MR) is 74.0 cm³/mol. The molecule has 1 saturated heterocycles. The smallest absolute Gasteiger partial charge is 0.252 e. The average molecular weight is 313 g/mol. The predicted octanol–water partition coefficient (Wildman–Crippen LogP) is 1.80. The van der Waals surface area contributed by atoms with Crippen LogP contribution in [0.3, 0.4) is 0 Å². The molecule has 0 spiro atoms. The van der Waals surface area contributed by atoms with Gasteiger partial charge in [-0.25, -0.2) is 0 Å². The number of carbonyl (C=O) groups is 1. The van der Waals surface area contributed by atoms with Gasteiger partial charge in [0.2, 0.25) is 0 Å². The van der Waals surface area contributed by atoms with Crippen LogP contribution in [0.2, 0.25) is 0 Å². The maximum absolute atomic E-state index is 12.1. The summed E-state index contributed by atoms with van der Waals surface area (Å²) < 4.78 is 5.91. The van der Waals surface area contributed by atoms with Gasteiger partial charge in [-0.15, -0.1) is 0 Å². The van der Waals surface area contributed by atoms with Gasteiger partial charge in [-0.3, -0.25) is 4.79 Å². The number of rotatable bonds is 4. The van der Waals surface area contributed by atoms with Crippen LogP contribution in [0.1, 0.15) is 16.8 Å². The molecule has 1 fully saturated rings. The van der Waals surface area contributed by atoms with Gasteiger partial charge in [-0.05, 0) is 59.6 Å². The van der Waals surface area contributed by atoms with Crippen molar-refractivity contribution >= 4 is 21.8 Å². The van der Waals surface area contributed by atoms with Crippen LogP contribution in [0, 0.1) is 5.92 Å². The lowest BCUT2D eigenvalue weighted by Crippen LogP contribution is -2.30. The molecule has 0 aliphatic carbocycles. The second kappa shape index (κ2) is 6.20. The van der Waals surface area contributed by atoms with Gasteiger partial charge in [0.05, 0.1) is 12.7 Å². The lowest BCUT2D eigenvalue weighted by molar-refractivity contribution is 0.0947. The highest BCUT2D eigenvalue weighted by molar-refractivity contribution is 9.10. The van der Waals surface area contributed by atoms with Crippen LogP contribution in [0.15, 0.2) is 22.7 Å². The number of halogens is 1. The Bertz CT molecular complexity index is 431. The molecule has 1 unspecified atom stereocenters. The quantitative estimate of drug-likeness (QED) is 0.891. The van der Waals surface area contributed by atoms with E-state index < -0.39 is 0 Å². The number of carbonyl (C=O) groups excluding carboxylic acids is 1. The number of ether oxygens (including phenoxy) is 1. The van der Waals surface area contributed by atoms with Gasteiger partial charge in [0, 0.05) is 11.0 Å². The summed E-state index contributed by atoms with van der Waals surface area (Å²) in [6, 6.07) is 5.39. The zero-order chi connectivity index (χ0) is 13.0. The molecular weight excluding hydrogens is 296 g/mol. The maximum Gasteiger partial charge on any atom is 0.252 e. The molecule has 0 saturated carbocycles. The Kier molecular flexibility index (Phi) is 4.60. The molecular formula is C13H17BrN2O2. The SMILES string of the molecule is COc1ccc(Br)c(C(=O)NCC2CCNC2)c1. The highest BCUT2D eigenvalue weighted by Gasteiger charge is 2.17. The molecule has 4 nitrogen and oxygen atoms in total. The molecule has 1 aromatic carbocycles. The van der Waals surface area contributed by atoms with Crippen molar-refractivity contribution in [3.05, 3.63) is 28.2 Å². The first kappa shape index (κ1) is 13.4. The normalized spacial score (nSPS) is 18.7. The fourth-order valence-electron chi connectivity index (χ4n) is 2.03. The van der Waals surface area contributed by atoms with Gasteiger partial charge in [0.1, 0.15) is 5.75 Å². The average Bonchev–Trinajstić information content (AvgIpc) is 2.89. The summed E-state index contributed by atoms with van der Waals surface area (Å²) in [6.45, 7) is 2.75. The fraction of sp³-hybridized carbons (Fsp3) is 0.462. The molecule has 98 valence electrons. The lowest BCUT2D eigenvalue weighted by atomic mass is 10.1. The van der Waals surface area contributed by atoms with E-state index in [1.807, 2.05) is 12.1 Å². The third-order valence-corrected chi connectivity index (χ3v) is 3.82. The minimum absolute atomic E-state index is 0.0623. The third kappa shape index (κ3) is 3.23. The van der Waals surface area contributed by atoms with Crippen molar-refractivity contribution in [2.75, 3.05) is 26.7 Å². The monoisotopic (exact) mass is 312 g/mol. The zero-order valence-electron chi connectivity index (χ0n) is 10.3. The Balaban J connectivity index is 1.98. The van der Waals surface area contributed by atoms with Crippen molar-refractivity contribution in [3.8, 4) is 5.75 Å². The minimum Gasteiger partial charge on any atom is -0.497 e. The van der Waals surface area contributed by atoms with Crippen LogP contribution < -0.4 is 15.4 Å². The Morgan fingerprint density at radius 1 is 1.61 bits per heavy atom. The van der Waals surface area contributed by atoms with Gasteiger partial charge in [-0.1, -0.05) is 0 Å². The Hall–Kier alpha value is -1.07. The van der Waals surface area contributed by atoms with Gasteiger partial charge in [-0.2, -0.15) is 0 Å². The van der Waals surface area contributed by atoms with E-state index in [-0.39, 0.29) is 5.91 Å². The van der Waals surface area contributed by atoms with Gasteiger partial charge in [0.15, 0.2) is 0 Å². The Morgan fingerprint density at radius 2 is 2.44 bits per heavy atom. The number of hydrogen-bond acceptors (Lipinski definition) is 3. The van der Waals surface area contributed by atoms with Crippen molar-refractivity contribution in [2.24, 2.45) is 5.92 Å². The van der Waals surface area contributed by atoms with E-state index in [1.54, 1.807) is 13.2 Å². The molecule has 1 heterocycles. The van der Waals surface area contributed by atoms with Gasteiger partial charge in [0.25, 0.3) is 5.91 Å². The van der Waals surface area contributed by atoms with E-state index >= 15 is 0 Å². The van der Waals surface area contributed by atoms with E-state index in [9.17, 15) is 4.79 Å². The van der Waals surface area contributed by atoms with Crippen molar-refractivity contribution in [3.63, 3.8) is 0 Å². The molecule has 2 N–H and O–H groups in total. The number of amides is 1. The molecule has 0 bridgehead atoms. The number of benzene rings is 1. The molecule has 1 amide bonds. The topological polar surface area (TPSA) is 50.4 Å². The molecule has 1 aromatic rings. The summed E-state index contributed by atoms with van der Waals surface area (Å²) in [5, 5.41) is 6.25. The van der Waals surface area contributed by atoms with Crippen LogP contribution in [-0.2, 0) is 0 Å². The fourth-order valence-corrected chi connectivity index (χ4v) is 2.45. The molecule has 1 aliphatic rings. The summed E-state index contributed by atoms with van der Waals surface area (Å²) in [6.07, 6.45) is 1.12. The molecule has 5 heteroatoms. The van der Waals surface area contributed by atoms with Crippen LogP contribution >= 0.6 is 15.9 Å². The maximum atomic E-state index is 12.1. The molecule has 18 heavy (non-hydrogen) atoms. The molecule has 0 aromatic heterocycles. The van der Waals surface area contributed by atoms with Crippen molar-refractivity contribution < 1.29 is 9.53 Å². The van der Waals surface area contributed by atoms with E-state index in [1.165, 1.54) is 0 Å². The number of hydrogen-bond donors (Lipinski definition) is 2. The molecule has 2 rings (SSSR count). The molecule has 0 radical (unpaired) electrons. The van der Waals surface area contributed by atoms with Crippen LogP contribution in [-0.4, -0.2) is 32.7 Å². The van der Waals surface area contributed by atoms with Crippen molar-refractivity contribution in [1.82, 2.24) is 10.6 Å². The first-order chi connectivity index (χ1) is 8.70. The first-order valence-electron chi connectivity index (χ1n) is 6.03. The molecule has 1 aliphatic heterocycles. The summed E-state index contributed by atoms with van der Waals surface area (Å²) in [4.78, 5) is 12.1. The van der Waals surface area contributed by atoms with Crippen LogP contribution in [0.5, 0.6) is 5.75 Å². The third-order valence-electron chi connectivity index (χ3n) is 3.13. The lowest BCUT2D eigenvalue weighted by Gasteiger charge is -2.11. The Labute approximate surface area is 115 Å². The second-order valence-electron chi connectivity index (χ2n) is 4.41. The summed E-state index contributed by atoms with van der Waals surface area (Å²) in [5.41, 5.74) is 0.611. The van der Waals surface area contributed by atoms with E-state index in [0.717, 1.165) is 30.5 Å². The second-order valence-corrected chi connectivity index (χ2v) is 5.27. The summed E-state index contributed by atoms with van der Waals surface area (Å²) in [7, 11) is 1.59. The summed E-state index contributed by atoms with van der Waals surface area (Å²) in [5.74, 6) is 1.16. The van der Waals surface area contributed by atoms with Gasteiger partial charge >= 0.3 is 0 Å². The Morgan fingerprint density at radius 3 is 3.11 bits per heavy atom. The van der Waals surface area contributed by atoms with Gasteiger partial charge < -0.3 is 15.4 Å². The van der Waals surface area contributed by atoms with E-state index in [2.05, 4.69) is 26.6 Å². The number of methoxy groups -OCH3 is 1. The van der Waals surface area contributed by atoms with E-state index in [4.69, 9.17) is 4.74 Å². The van der Waals surface area contributed by atoms with E-state index in [0.29, 0.717) is 17.2 Å². The largest absolute Gasteiger partial charge is 0.497 e. The molecule has 1 atom stereocenters. The van der Waals surface area contributed by atoms with Crippen LogP contribution in [0.4, 0.5) is 0 Å².